The molecule has 4 heterocycles. The lowest BCUT2D eigenvalue weighted by molar-refractivity contribution is 0.101. The molecule has 0 saturated heterocycles. The van der Waals surface area contributed by atoms with Crippen molar-refractivity contribution in [3.8, 4) is 11.5 Å². The van der Waals surface area contributed by atoms with Gasteiger partial charge in [0.15, 0.2) is 11.5 Å². The van der Waals surface area contributed by atoms with Crippen molar-refractivity contribution in [3.63, 3.8) is 0 Å². The molecule has 0 saturated carbocycles. The van der Waals surface area contributed by atoms with Gasteiger partial charge >= 0.3 is 0 Å². The highest BCUT2D eigenvalue weighted by atomic mass is 35.5. The van der Waals surface area contributed by atoms with E-state index in [1.54, 1.807) is 24.3 Å². The molecule has 0 unspecified atom stereocenters. The van der Waals surface area contributed by atoms with Crippen molar-refractivity contribution >= 4 is 46.0 Å². The van der Waals surface area contributed by atoms with Crippen LogP contribution in [0.2, 0.25) is 5.02 Å². The Kier molecular flexibility index (Phi) is 5.70. The van der Waals surface area contributed by atoms with E-state index in [9.17, 15) is 9.59 Å². The van der Waals surface area contributed by atoms with Crippen molar-refractivity contribution in [2.75, 3.05) is 18.6 Å². The van der Waals surface area contributed by atoms with Crippen molar-refractivity contribution in [3.05, 3.63) is 87.4 Å². The number of halogens is 1. The highest BCUT2D eigenvalue weighted by Gasteiger charge is 2.17. The fourth-order valence-corrected chi connectivity index (χ4v) is 4.64. The van der Waals surface area contributed by atoms with E-state index >= 15 is 0 Å². The molecule has 0 fully saturated rings. The molecular formula is C24H17ClN6O4S. The maximum Gasteiger partial charge on any atom is 0.280 e. The van der Waals surface area contributed by atoms with Gasteiger partial charge in [-0.05, 0) is 42.0 Å². The van der Waals surface area contributed by atoms with Crippen LogP contribution in [0, 0.1) is 0 Å². The molecule has 0 spiro atoms. The molecule has 10 nitrogen and oxygen atoms in total. The Morgan fingerprint density at radius 3 is 2.72 bits per heavy atom. The number of thioether (sulfide) groups is 1. The smallest absolute Gasteiger partial charge is 0.280 e. The normalized spacial score (nSPS) is 12.7. The third kappa shape index (κ3) is 4.23. The van der Waals surface area contributed by atoms with Crippen LogP contribution < -0.4 is 20.5 Å². The van der Waals surface area contributed by atoms with E-state index in [1.807, 2.05) is 24.3 Å². The van der Waals surface area contributed by atoms with Gasteiger partial charge < -0.3 is 9.47 Å². The molecule has 1 N–H and O–H groups in total. The molecule has 0 radical (unpaired) electrons. The minimum Gasteiger partial charge on any atom is -0.486 e. The summed E-state index contributed by atoms with van der Waals surface area (Å²) in [6, 6.07) is 14.1. The first-order valence-electron chi connectivity index (χ1n) is 10.9. The number of rotatable bonds is 5. The number of benzene rings is 2. The number of carbonyl (C=O) groups is 1. The molecule has 0 bridgehead atoms. The maximum atomic E-state index is 13.1. The summed E-state index contributed by atoms with van der Waals surface area (Å²) < 4.78 is 13.7. The minimum atomic E-state index is -0.468. The van der Waals surface area contributed by atoms with Gasteiger partial charge in [-0.15, -0.1) is 5.10 Å². The lowest BCUT2D eigenvalue weighted by Gasteiger charge is -2.18. The van der Waals surface area contributed by atoms with E-state index in [-0.39, 0.29) is 5.39 Å². The Morgan fingerprint density at radius 2 is 1.89 bits per heavy atom. The summed E-state index contributed by atoms with van der Waals surface area (Å²) in [6.45, 7) is 0.869. The van der Waals surface area contributed by atoms with Gasteiger partial charge in [-0.25, -0.2) is 9.66 Å². The Hall–Kier alpha value is -4.09. The van der Waals surface area contributed by atoms with Gasteiger partial charge in [0.05, 0.1) is 10.9 Å². The lowest BCUT2D eigenvalue weighted by atomic mass is 10.2. The van der Waals surface area contributed by atoms with Crippen molar-refractivity contribution < 1.29 is 14.3 Å². The van der Waals surface area contributed by atoms with Gasteiger partial charge in [0.25, 0.3) is 17.2 Å². The Morgan fingerprint density at radius 1 is 1.08 bits per heavy atom. The van der Waals surface area contributed by atoms with Crippen LogP contribution in [0.1, 0.15) is 15.9 Å². The standard InChI is InChI=1S/C24H17ClN6O4S/c25-16-4-1-14(2-5-16)13-36-24-27-23-26-12-17-18(31(23)29-24)7-8-30(22(17)33)28-21(32)15-3-6-19-20(11-15)35-10-9-34-19/h1-8,11-12H,9-10,13H2,(H,28,32). The van der Waals surface area contributed by atoms with Gasteiger partial charge in [-0.1, -0.05) is 35.5 Å². The summed E-state index contributed by atoms with van der Waals surface area (Å²) in [7, 11) is 0. The van der Waals surface area contributed by atoms with E-state index in [0.717, 1.165) is 10.2 Å². The van der Waals surface area contributed by atoms with Gasteiger partial charge in [0.2, 0.25) is 5.16 Å². The number of hydrogen-bond acceptors (Lipinski definition) is 8. The van der Waals surface area contributed by atoms with Crippen LogP contribution in [0.25, 0.3) is 16.7 Å². The number of ether oxygens (including phenoxy) is 2. The average molecular weight is 521 g/mol. The SMILES string of the molecule is O=C(Nn1ccc2c(cnc3nc(SCc4ccc(Cl)cc4)nn32)c1=O)c1ccc2c(c1)OCCO2. The number of aromatic nitrogens is 5. The van der Waals surface area contributed by atoms with Crippen LogP contribution in [-0.2, 0) is 5.75 Å². The second kappa shape index (κ2) is 9.17. The van der Waals surface area contributed by atoms with Gasteiger partial charge in [0.1, 0.15) is 13.2 Å². The van der Waals surface area contributed by atoms with Crippen molar-refractivity contribution in [1.82, 2.24) is 24.3 Å². The third-order valence-electron chi connectivity index (χ3n) is 5.52. The zero-order chi connectivity index (χ0) is 24.6. The third-order valence-corrected chi connectivity index (χ3v) is 6.68. The maximum absolute atomic E-state index is 13.1. The average Bonchev–Trinajstić information content (AvgIpc) is 3.33. The minimum absolute atomic E-state index is 0.284. The van der Waals surface area contributed by atoms with E-state index in [4.69, 9.17) is 21.1 Å². The van der Waals surface area contributed by atoms with Crippen LogP contribution >= 0.6 is 23.4 Å². The van der Waals surface area contributed by atoms with Gasteiger partial charge in [-0.2, -0.15) is 9.50 Å². The molecule has 12 heteroatoms. The second-order valence-electron chi connectivity index (χ2n) is 7.87. The highest BCUT2D eigenvalue weighted by molar-refractivity contribution is 7.98. The lowest BCUT2D eigenvalue weighted by Crippen LogP contribution is -2.33. The zero-order valence-corrected chi connectivity index (χ0v) is 20.1. The number of nitrogens with zero attached hydrogens (tertiary/aromatic N) is 5. The van der Waals surface area contributed by atoms with Gasteiger partial charge in [0, 0.05) is 28.7 Å². The molecule has 1 aliphatic heterocycles. The quantitative estimate of drug-likeness (QED) is 0.350. The number of carbonyl (C=O) groups excluding carboxylic acids is 1. The highest BCUT2D eigenvalue weighted by Crippen LogP contribution is 2.30. The number of nitrogens with one attached hydrogen (secondary N) is 1. The molecule has 5 aromatic rings. The molecule has 6 rings (SSSR count). The molecule has 180 valence electrons. The van der Waals surface area contributed by atoms with Crippen LogP contribution in [0.15, 0.2) is 70.9 Å². The van der Waals surface area contributed by atoms with Crippen molar-refractivity contribution in [1.29, 1.82) is 0 Å². The number of fused-ring (bicyclic) bond motifs is 4. The fraction of sp³-hybridized carbons (Fsp3) is 0.125. The first kappa shape index (κ1) is 22.4. The molecule has 0 atom stereocenters. The number of pyridine rings is 1. The summed E-state index contributed by atoms with van der Waals surface area (Å²) in [4.78, 5) is 34.6. The van der Waals surface area contributed by atoms with Crippen LogP contribution in [0.5, 0.6) is 11.5 Å². The van der Waals surface area contributed by atoms with E-state index in [0.29, 0.717) is 57.5 Å². The van der Waals surface area contributed by atoms with Crippen LogP contribution in [0.3, 0.4) is 0 Å². The van der Waals surface area contributed by atoms with E-state index in [2.05, 4.69) is 20.5 Å². The zero-order valence-electron chi connectivity index (χ0n) is 18.6. The van der Waals surface area contributed by atoms with Crippen LogP contribution in [-0.4, -0.2) is 43.4 Å². The van der Waals surface area contributed by atoms with E-state index in [1.165, 1.54) is 28.7 Å². The summed E-state index contributed by atoms with van der Waals surface area (Å²) >= 11 is 7.39. The second-order valence-corrected chi connectivity index (χ2v) is 9.25. The molecule has 1 amide bonds. The number of amides is 1. The van der Waals surface area contributed by atoms with Crippen LogP contribution in [0.4, 0.5) is 0 Å². The predicted octanol–water partition coefficient (Wildman–Crippen LogP) is 3.54. The largest absolute Gasteiger partial charge is 0.486 e. The summed E-state index contributed by atoms with van der Waals surface area (Å²) in [5.41, 5.74) is 4.10. The van der Waals surface area contributed by atoms with Gasteiger partial charge in [-0.3, -0.25) is 15.0 Å². The van der Waals surface area contributed by atoms with E-state index < -0.39 is 11.5 Å². The molecular weight excluding hydrogens is 504 g/mol. The molecule has 0 aliphatic carbocycles. The predicted molar refractivity (Wildman–Crippen MR) is 135 cm³/mol. The summed E-state index contributed by atoms with van der Waals surface area (Å²) in [5, 5.41) is 6.00. The number of hydrogen-bond donors (Lipinski definition) is 1. The monoisotopic (exact) mass is 520 g/mol. The first-order valence-corrected chi connectivity index (χ1v) is 12.3. The first-order chi connectivity index (χ1) is 17.5. The van der Waals surface area contributed by atoms with Crippen molar-refractivity contribution in [2.45, 2.75) is 10.9 Å². The summed E-state index contributed by atoms with van der Waals surface area (Å²) in [5.74, 6) is 1.63. The molecule has 36 heavy (non-hydrogen) atoms. The Balaban J connectivity index is 1.25. The summed E-state index contributed by atoms with van der Waals surface area (Å²) in [6.07, 6.45) is 2.91. The Labute approximate surface area is 212 Å². The molecule has 2 aromatic carbocycles. The molecule has 3 aromatic heterocycles. The molecule has 1 aliphatic rings. The van der Waals surface area contributed by atoms with Crippen molar-refractivity contribution in [2.24, 2.45) is 0 Å². The fourth-order valence-electron chi connectivity index (χ4n) is 3.74. The topological polar surface area (TPSA) is 113 Å². The Bertz CT molecular complexity index is 1680.